The fraction of sp³-hybridized carbons (Fsp3) is 0.500. The van der Waals surface area contributed by atoms with Gasteiger partial charge in [0.2, 0.25) is 11.8 Å². The molecule has 2 saturated heterocycles. The molecule has 0 spiro atoms. The molecule has 1 aliphatic carbocycles. The highest BCUT2D eigenvalue weighted by Gasteiger charge is 2.45. The van der Waals surface area contributed by atoms with Crippen LogP contribution in [0.4, 0.5) is 24.5 Å². The average Bonchev–Trinajstić information content (AvgIpc) is 3.79. The predicted octanol–water partition coefficient (Wildman–Crippen LogP) is 6.29. The van der Waals surface area contributed by atoms with E-state index in [9.17, 15) is 42.3 Å². The predicted molar refractivity (Wildman–Crippen MR) is 229 cm³/mol. The molecule has 0 radical (unpaired) electrons. The van der Waals surface area contributed by atoms with Crippen LogP contribution in [0, 0.1) is 11.8 Å². The van der Waals surface area contributed by atoms with Crippen LogP contribution >= 0.6 is 0 Å². The number of halogens is 3. The Hall–Kier alpha value is -5.72. The van der Waals surface area contributed by atoms with E-state index in [1.807, 2.05) is 10.9 Å². The van der Waals surface area contributed by atoms with E-state index < -0.39 is 53.0 Å². The van der Waals surface area contributed by atoms with E-state index in [2.05, 4.69) is 25.8 Å². The molecule has 4 N–H and O–H groups in total. The molecule has 0 bridgehead atoms. The lowest BCUT2D eigenvalue weighted by Crippen LogP contribution is -2.54. The van der Waals surface area contributed by atoms with Crippen LogP contribution in [0.25, 0.3) is 10.9 Å². The third-order valence-electron chi connectivity index (χ3n) is 12.9. The largest absolute Gasteiger partial charge is 0.433 e. The Morgan fingerprint density at radius 3 is 2.39 bits per heavy atom. The number of carbonyl (C=O) groups excluding carboxylic acids is 5. The number of likely N-dealkylation sites (tertiary alicyclic amines) is 1. The number of nitrogens with zero attached hydrogens (tertiary/aromatic N) is 5. The first-order chi connectivity index (χ1) is 30.5. The number of amides is 5. The van der Waals surface area contributed by atoms with Crippen LogP contribution in [0.15, 0.2) is 54.7 Å². The van der Waals surface area contributed by atoms with Gasteiger partial charge in [0.15, 0.2) is 0 Å². The number of rotatable bonds is 14. The monoisotopic (exact) mass is 886 g/mol. The zero-order chi connectivity index (χ0) is 45.3. The van der Waals surface area contributed by atoms with Crippen molar-refractivity contribution >= 4 is 51.8 Å². The summed E-state index contributed by atoms with van der Waals surface area (Å²) in [4.78, 5) is 70.6. The van der Waals surface area contributed by atoms with Crippen molar-refractivity contribution in [1.29, 1.82) is 0 Å². The number of alkyl halides is 3. The number of imide groups is 2. The summed E-state index contributed by atoms with van der Waals surface area (Å²) in [6.07, 6.45) is 4.27. The van der Waals surface area contributed by atoms with Gasteiger partial charge in [0, 0.05) is 61.2 Å². The van der Waals surface area contributed by atoms with Crippen LogP contribution in [-0.2, 0) is 26.1 Å². The number of aliphatic hydroxyl groups is 1. The molecular weight excluding hydrogens is 834 g/mol. The third-order valence-corrected chi connectivity index (χ3v) is 12.9. The van der Waals surface area contributed by atoms with Crippen molar-refractivity contribution in [3.8, 4) is 0 Å². The molecule has 1 atom stereocenters. The molecule has 2 aromatic heterocycles. The minimum atomic E-state index is -4.70. The van der Waals surface area contributed by atoms with E-state index in [4.69, 9.17) is 9.84 Å². The summed E-state index contributed by atoms with van der Waals surface area (Å²) in [5, 5.41) is 24.7. The summed E-state index contributed by atoms with van der Waals surface area (Å²) in [7, 11) is 0. The highest BCUT2D eigenvalue weighted by molar-refractivity contribution is 6.25. The summed E-state index contributed by atoms with van der Waals surface area (Å²) in [6, 6.07) is 10.8. The van der Waals surface area contributed by atoms with E-state index in [-0.39, 0.29) is 41.4 Å². The van der Waals surface area contributed by atoms with Gasteiger partial charge in [-0.3, -0.25) is 38.9 Å². The van der Waals surface area contributed by atoms with Gasteiger partial charge in [-0.2, -0.15) is 18.3 Å². The highest BCUT2D eigenvalue weighted by Crippen LogP contribution is 2.37. The number of hydrogen-bond acceptors (Lipinski definition) is 11. The van der Waals surface area contributed by atoms with Crippen LogP contribution in [0.1, 0.15) is 120 Å². The maximum atomic E-state index is 13.3. The standard InChI is InChI=1S/C46H53F3N8O7/c1-45(2,63)32-23-35-29(22-36(32)52-41(59)34-8-4-9-38(51-34)46(47,48)49)25-56(54-35)30-12-10-27(11-13-30)24-55-19-16-28(17-20-55)26-64-21-5-18-50-33-7-3-6-31-40(33)44(62)57(43(31)61)37-14-15-39(58)53-42(37)60/h3-4,6-9,22-23,25,27-28,30,37,50,63H,5,10-21,24,26H2,1-2H3,(H,52,59)(H,53,58,60)/t27-,30-,37?. The fourth-order valence-electron chi connectivity index (χ4n) is 9.40. The zero-order valence-corrected chi connectivity index (χ0v) is 35.9. The van der Waals surface area contributed by atoms with Gasteiger partial charge in [0.1, 0.15) is 17.4 Å². The Balaban J connectivity index is 0.756. The SMILES string of the molecule is CC(C)(O)c1cc2nn([C@H]3CC[C@H](CN4CCC(COCCCNc5cccc6c5C(=O)N(C5CCC(=O)NC5=O)C6=O)CC4)CC3)cc2cc1NC(=O)c1cccc(C(F)(F)F)n1. The van der Waals surface area contributed by atoms with Gasteiger partial charge in [0.05, 0.1) is 28.3 Å². The Labute approximate surface area is 368 Å². The number of carbonyl (C=O) groups is 5. The van der Waals surface area contributed by atoms with Crippen LogP contribution in [-0.4, -0.2) is 105 Å². The molecule has 3 fully saturated rings. The maximum absolute atomic E-state index is 13.3. The van der Waals surface area contributed by atoms with Gasteiger partial charge in [-0.1, -0.05) is 12.1 Å². The second-order valence-electron chi connectivity index (χ2n) is 17.9. The molecule has 4 aromatic rings. The minimum absolute atomic E-state index is 0.0653. The molecule has 2 aromatic carbocycles. The zero-order valence-electron chi connectivity index (χ0n) is 35.9. The number of benzene rings is 2. The molecule has 5 amide bonds. The fourth-order valence-corrected chi connectivity index (χ4v) is 9.40. The molecule has 8 rings (SSSR count). The molecule has 5 heterocycles. The Kier molecular flexibility index (Phi) is 12.9. The van der Waals surface area contributed by atoms with Gasteiger partial charge in [-0.25, -0.2) is 4.98 Å². The van der Waals surface area contributed by atoms with Gasteiger partial charge < -0.3 is 25.4 Å². The molecule has 340 valence electrons. The molecule has 4 aliphatic rings. The van der Waals surface area contributed by atoms with Gasteiger partial charge in [0.25, 0.3) is 17.7 Å². The van der Waals surface area contributed by atoms with E-state index in [0.717, 1.165) is 80.6 Å². The number of anilines is 2. The number of piperidine rings is 2. The Morgan fingerprint density at radius 2 is 1.67 bits per heavy atom. The lowest BCUT2D eigenvalue weighted by Gasteiger charge is -2.36. The summed E-state index contributed by atoms with van der Waals surface area (Å²) in [5.41, 5.74) is -0.626. The molecule has 1 unspecified atom stereocenters. The number of ether oxygens (including phenoxy) is 1. The van der Waals surface area contributed by atoms with Crippen LogP contribution in [0.3, 0.4) is 0 Å². The maximum Gasteiger partial charge on any atom is 0.433 e. The van der Waals surface area contributed by atoms with E-state index in [1.54, 1.807) is 44.2 Å². The minimum Gasteiger partial charge on any atom is -0.386 e. The molecular formula is C46H53F3N8O7. The van der Waals surface area contributed by atoms with E-state index >= 15 is 0 Å². The van der Waals surface area contributed by atoms with E-state index in [1.165, 1.54) is 6.07 Å². The number of aromatic nitrogens is 3. The molecule has 3 aliphatic heterocycles. The van der Waals surface area contributed by atoms with Gasteiger partial charge >= 0.3 is 6.18 Å². The summed E-state index contributed by atoms with van der Waals surface area (Å²) >= 11 is 0. The molecule has 1 saturated carbocycles. The second-order valence-corrected chi connectivity index (χ2v) is 17.9. The van der Waals surface area contributed by atoms with Crippen molar-refractivity contribution in [1.82, 2.24) is 29.9 Å². The van der Waals surface area contributed by atoms with Crippen LogP contribution < -0.4 is 16.0 Å². The first-order valence-corrected chi connectivity index (χ1v) is 22.0. The smallest absolute Gasteiger partial charge is 0.386 e. The van der Waals surface area contributed by atoms with E-state index in [0.29, 0.717) is 54.8 Å². The highest BCUT2D eigenvalue weighted by atomic mass is 19.4. The van der Waals surface area contributed by atoms with Crippen LogP contribution in [0.5, 0.6) is 0 Å². The van der Waals surface area contributed by atoms with Crippen molar-refractivity contribution < 1.29 is 47.0 Å². The first-order valence-electron chi connectivity index (χ1n) is 22.0. The quantitative estimate of drug-likeness (QED) is 0.0823. The lowest BCUT2D eigenvalue weighted by atomic mass is 9.85. The number of nitrogens with one attached hydrogen (secondary N) is 3. The van der Waals surface area contributed by atoms with Gasteiger partial charge in [-0.05, 0) is 127 Å². The normalized spacial score (nSPS) is 21.3. The average molecular weight is 887 g/mol. The summed E-state index contributed by atoms with van der Waals surface area (Å²) in [5.74, 6) is -1.88. The van der Waals surface area contributed by atoms with Crippen molar-refractivity contribution in [2.45, 2.75) is 95.5 Å². The Bertz CT molecular complexity index is 2430. The second kappa shape index (κ2) is 18.4. The third kappa shape index (κ3) is 9.83. The van der Waals surface area contributed by atoms with Crippen molar-refractivity contribution in [2.24, 2.45) is 11.8 Å². The number of pyridine rings is 1. The van der Waals surface area contributed by atoms with Crippen molar-refractivity contribution in [3.05, 3.63) is 82.8 Å². The summed E-state index contributed by atoms with van der Waals surface area (Å²) < 4.78 is 47.8. The van der Waals surface area contributed by atoms with Crippen LogP contribution in [0.2, 0.25) is 0 Å². The molecule has 18 heteroatoms. The number of fused-ring (bicyclic) bond motifs is 2. The Morgan fingerprint density at radius 1 is 0.922 bits per heavy atom. The molecule has 15 nitrogen and oxygen atoms in total. The summed E-state index contributed by atoms with van der Waals surface area (Å²) in [6.45, 7) is 8.00. The van der Waals surface area contributed by atoms with Crippen molar-refractivity contribution in [2.75, 3.05) is 50.0 Å². The number of hydrogen-bond donors (Lipinski definition) is 4. The first kappa shape index (κ1) is 44.9. The molecule has 64 heavy (non-hydrogen) atoms. The van der Waals surface area contributed by atoms with Crippen molar-refractivity contribution in [3.63, 3.8) is 0 Å². The van der Waals surface area contributed by atoms with Gasteiger partial charge in [-0.15, -0.1) is 0 Å². The lowest BCUT2D eigenvalue weighted by molar-refractivity contribution is -0.141. The topological polar surface area (TPSA) is 188 Å².